The number of alkyl halides is 3. The molecule has 0 aliphatic heterocycles. The Morgan fingerprint density at radius 2 is 1.51 bits per heavy atom. The second-order valence-electron chi connectivity index (χ2n) is 10.0. The van der Waals surface area contributed by atoms with E-state index in [2.05, 4.69) is 22.2 Å². The summed E-state index contributed by atoms with van der Waals surface area (Å²) in [6.07, 6.45) is 1.62. The fourth-order valence-corrected chi connectivity index (χ4v) is 4.86. The van der Waals surface area contributed by atoms with Crippen LogP contribution in [-0.4, -0.2) is 30.1 Å². The van der Waals surface area contributed by atoms with Gasteiger partial charge in [0.1, 0.15) is 11.5 Å². The molecule has 0 saturated heterocycles. The minimum Gasteiger partial charge on any atom is -0.494 e. The molecule has 0 atom stereocenters. The van der Waals surface area contributed by atoms with E-state index in [0.717, 1.165) is 30.5 Å². The van der Waals surface area contributed by atoms with Gasteiger partial charge in [-0.2, -0.15) is 0 Å². The van der Waals surface area contributed by atoms with Crippen LogP contribution in [0.4, 0.5) is 29.3 Å². The van der Waals surface area contributed by atoms with E-state index >= 15 is 0 Å². The summed E-state index contributed by atoms with van der Waals surface area (Å²) < 4.78 is 47.0. The molecule has 1 aliphatic rings. The summed E-state index contributed by atoms with van der Waals surface area (Å²) in [6, 6.07) is 19.7. The molecule has 3 aromatic carbocycles. The number of aliphatic carboxylic acids is 1. The predicted octanol–water partition coefficient (Wildman–Crippen LogP) is 8.12. The molecule has 4 rings (SSSR count). The van der Waals surface area contributed by atoms with Gasteiger partial charge in [0, 0.05) is 17.8 Å². The molecule has 2 amide bonds. The molecule has 10 heteroatoms. The molecule has 1 aliphatic carbocycles. The first kappa shape index (κ1) is 29.8. The number of nitrogens with zero attached hydrogens (tertiary/aromatic N) is 1. The van der Waals surface area contributed by atoms with Crippen LogP contribution in [0.1, 0.15) is 62.0 Å². The maximum atomic E-state index is 13.4. The highest BCUT2D eigenvalue weighted by atomic mass is 19.4. The van der Waals surface area contributed by atoms with Crippen molar-refractivity contribution in [3.63, 3.8) is 0 Å². The normalized spacial score (nSPS) is 13.8. The van der Waals surface area contributed by atoms with Crippen LogP contribution in [0.25, 0.3) is 0 Å². The number of halogens is 3. The zero-order chi connectivity index (χ0) is 29.2. The number of ether oxygens (including phenoxy) is 2. The van der Waals surface area contributed by atoms with Crippen molar-refractivity contribution in [3.05, 3.63) is 83.9 Å². The van der Waals surface area contributed by atoms with Crippen LogP contribution in [0.2, 0.25) is 0 Å². The maximum Gasteiger partial charge on any atom is 0.573 e. The molecule has 1 saturated carbocycles. The summed E-state index contributed by atoms with van der Waals surface area (Å²) in [4.78, 5) is 25.7. The lowest BCUT2D eigenvalue weighted by Gasteiger charge is -2.26. The Bertz CT molecular complexity index is 1270. The number of rotatable bonds is 11. The van der Waals surface area contributed by atoms with Gasteiger partial charge in [-0.25, -0.2) is 4.79 Å². The zero-order valence-corrected chi connectivity index (χ0v) is 22.5. The Morgan fingerprint density at radius 3 is 2.12 bits per heavy atom. The number of nitrogens with one attached hydrogen (secondary N) is 1. The average molecular weight is 571 g/mol. The number of hydrogen-bond acceptors (Lipinski definition) is 4. The van der Waals surface area contributed by atoms with Gasteiger partial charge in [-0.05, 0) is 84.8 Å². The quantitative estimate of drug-likeness (QED) is 0.227. The second kappa shape index (κ2) is 13.9. The van der Waals surface area contributed by atoms with E-state index in [4.69, 9.17) is 9.84 Å². The van der Waals surface area contributed by atoms with Gasteiger partial charge in [-0.15, -0.1) is 13.2 Å². The Kier molecular flexibility index (Phi) is 10.1. The number of carbonyl (C=O) groups is 2. The average Bonchev–Trinajstić information content (AvgIpc) is 2.95. The monoisotopic (exact) mass is 570 g/mol. The number of anilines is 2. The molecule has 2 N–H and O–H groups in total. The first-order chi connectivity index (χ1) is 19.7. The topological polar surface area (TPSA) is 88.1 Å². The van der Waals surface area contributed by atoms with E-state index in [0.29, 0.717) is 29.5 Å². The van der Waals surface area contributed by atoms with Gasteiger partial charge in [0.2, 0.25) is 0 Å². The lowest BCUT2D eigenvalue weighted by atomic mass is 9.84. The highest BCUT2D eigenvalue weighted by Crippen LogP contribution is 2.34. The number of hydrogen-bond donors (Lipinski definition) is 2. The van der Waals surface area contributed by atoms with Gasteiger partial charge in [0.25, 0.3) is 0 Å². The van der Waals surface area contributed by atoms with E-state index in [9.17, 15) is 22.8 Å². The van der Waals surface area contributed by atoms with E-state index in [1.165, 1.54) is 37.0 Å². The van der Waals surface area contributed by atoms with Crippen LogP contribution in [0.5, 0.6) is 11.5 Å². The third-order valence-corrected chi connectivity index (χ3v) is 6.93. The van der Waals surface area contributed by atoms with Gasteiger partial charge >= 0.3 is 18.4 Å². The highest BCUT2D eigenvalue weighted by Gasteiger charge is 2.31. The number of carboxylic acid groups (broad SMARTS) is 1. The lowest BCUT2D eigenvalue weighted by molar-refractivity contribution is -0.274. The van der Waals surface area contributed by atoms with Crippen LogP contribution < -0.4 is 19.7 Å². The van der Waals surface area contributed by atoms with E-state index < -0.39 is 18.4 Å². The Hall–Kier alpha value is -4.21. The molecule has 0 aromatic heterocycles. The standard InChI is InChI=1S/C31H33F3N2O5/c32-31(33,34)41-28-18-12-25(13-19-28)35-30(39)36(26-14-10-24(11-15-26)23-5-2-1-3-6-23)21-22-8-16-27(17-9-22)40-20-4-7-29(37)38/h8-19,23H,1-7,20-21H2,(H,35,39)(H,37,38). The van der Waals surface area contributed by atoms with E-state index in [1.807, 2.05) is 24.3 Å². The third kappa shape index (κ3) is 9.44. The first-order valence-corrected chi connectivity index (χ1v) is 13.6. The van der Waals surface area contributed by atoms with Crippen LogP contribution in [0, 0.1) is 0 Å². The van der Waals surface area contributed by atoms with Crippen molar-refractivity contribution < 1.29 is 37.3 Å². The summed E-state index contributed by atoms with van der Waals surface area (Å²) in [5.74, 6) is -0.149. The SMILES string of the molecule is O=C(O)CCCOc1ccc(CN(C(=O)Nc2ccc(OC(F)(F)F)cc2)c2ccc(C3CCCCC3)cc2)cc1. The first-order valence-electron chi connectivity index (χ1n) is 13.6. The minimum absolute atomic E-state index is 0.0276. The molecule has 7 nitrogen and oxygen atoms in total. The van der Waals surface area contributed by atoms with Crippen molar-refractivity contribution in [2.45, 2.75) is 63.8 Å². The largest absolute Gasteiger partial charge is 0.573 e. The van der Waals surface area contributed by atoms with Crippen LogP contribution in [-0.2, 0) is 11.3 Å². The Morgan fingerprint density at radius 1 is 0.878 bits per heavy atom. The van der Waals surface area contributed by atoms with Crippen LogP contribution >= 0.6 is 0 Å². The molecule has 0 heterocycles. The zero-order valence-electron chi connectivity index (χ0n) is 22.5. The fraction of sp³-hybridized carbons (Fsp3) is 0.355. The van der Waals surface area contributed by atoms with Crippen molar-refractivity contribution in [2.75, 3.05) is 16.8 Å². The number of benzene rings is 3. The molecule has 1 fully saturated rings. The van der Waals surface area contributed by atoms with Gasteiger partial charge < -0.3 is 19.9 Å². The lowest BCUT2D eigenvalue weighted by Crippen LogP contribution is -2.34. The molecule has 3 aromatic rings. The van der Waals surface area contributed by atoms with Gasteiger partial charge in [0.05, 0.1) is 13.2 Å². The summed E-state index contributed by atoms with van der Waals surface area (Å²) >= 11 is 0. The molecular weight excluding hydrogens is 537 g/mol. The molecule has 0 bridgehead atoms. The molecule has 218 valence electrons. The van der Waals surface area contributed by atoms with Crippen molar-refractivity contribution in [1.82, 2.24) is 0 Å². The van der Waals surface area contributed by atoms with E-state index in [1.54, 1.807) is 17.0 Å². The smallest absolute Gasteiger partial charge is 0.494 e. The summed E-state index contributed by atoms with van der Waals surface area (Å²) in [6.45, 7) is 0.503. The molecule has 0 spiro atoms. The fourth-order valence-electron chi connectivity index (χ4n) is 4.86. The van der Waals surface area contributed by atoms with Crippen LogP contribution in [0.15, 0.2) is 72.8 Å². The van der Waals surface area contributed by atoms with Crippen LogP contribution in [0.3, 0.4) is 0 Å². The predicted molar refractivity (Wildman–Crippen MR) is 149 cm³/mol. The minimum atomic E-state index is -4.80. The van der Waals surface area contributed by atoms with Gasteiger partial charge in [0.15, 0.2) is 0 Å². The summed E-state index contributed by atoms with van der Waals surface area (Å²) in [7, 11) is 0. The molecule has 0 radical (unpaired) electrons. The number of urea groups is 1. The maximum absolute atomic E-state index is 13.4. The number of carboxylic acids is 1. The third-order valence-electron chi connectivity index (χ3n) is 6.93. The van der Waals surface area contributed by atoms with Crippen molar-refractivity contribution >= 4 is 23.4 Å². The summed E-state index contributed by atoms with van der Waals surface area (Å²) in [5, 5.41) is 11.5. The molecular formula is C31H33F3N2O5. The van der Waals surface area contributed by atoms with Crippen molar-refractivity contribution in [1.29, 1.82) is 0 Å². The van der Waals surface area contributed by atoms with Crippen molar-refractivity contribution in [2.24, 2.45) is 0 Å². The van der Waals surface area contributed by atoms with E-state index in [-0.39, 0.29) is 25.3 Å². The van der Waals surface area contributed by atoms with Crippen molar-refractivity contribution in [3.8, 4) is 11.5 Å². The molecule has 41 heavy (non-hydrogen) atoms. The van der Waals surface area contributed by atoms with Gasteiger partial charge in [-0.3, -0.25) is 9.69 Å². The number of amides is 2. The second-order valence-corrected chi connectivity index (χ2v) is 10.0. The van der Waals surface area contributed by atoms with Gasteiger partial charge in [-0.1, -0.05) is 43.5 Å². The Labute approximate surface area is 236 Å². The Balaban J connectivity index is 1.48. The molecule has 0 unspecified atom stereocenters. The number of carbonyl (C=O) groups excluding carboxylic acids is 1. The highest BCUT2D eigenvalue weighted by molar-refractivity contribution is 6.01. The summed E-state index contributed by atoms with van der Waals surface area (Å²) in [5.41, 5.74) is 3.06.